The number of alkyl halides is 3. The van der Waals surface area contributed by atoms with E-state index in [0.717, 1.165) is 84.9 Å². The first-order valence-electron chi connectivity index (χ1n) is 14.3. The third-order valence-electron chi connectivity index (χ3n) is 7.60. The molecular formula is C31H32F3N5O5. The Bertz CT molecular complexity index is 1560. The maximum atomic E-state index is 13.1. The molecule has 5 heterocycles. The van der Waals surface area contributed by atoms with Gasteiger partial charge in [0.05, 0.1) is 24.5 Å². The van der Waals surface area contributed by atoms with E-state index in [1.54, 1.807) is 6.20 Å². The van der Waals surface area contributed by atoms with Crippen LogP contribution in [0.5, 0.6) is 0 Å². The molecule has 2 saturated heterocycles. The lowest BCUT2D eigenvalue weighted by Gasteiger charge is -2.30. The Morgan fingerprint density at radius 1 is 1.00 bits per heavy atom. The molecule has 44 heavy (non-hydrogen) atoms. The molecule has 0 radical (unpaired) electrons. The fraction of sp³-hybridized carbons (Fsp3) is 0.355. The van der Waals surface area contributed by atoms with Crippen LogP contribution in [0.15, 0.2) is 42.6 Å². The van der Waals surface area contributed by atoms with Crippen LogP contribution in [0.4, 0.5) is 18.9 Å². The van der Waals surface area contributed by atoms with Gasteiger partial charge in [0.15, 0.2) is 0 Å². The number of aromatic amines is 1. The highest BCUT2D eigenvalue weighted by Crippen LogP contribution is 2.28. The number of aromatic nitrogens is 2. The molecule has 2 amide bonds. The lowest BCUT2D eigenvalue weighted by atomic mass is 10.0. The van der Waals surface area contributed by atoms with Crippen LogP contribution in [0.1, 0.15) is 50.5 Å². The molecule has 3 N–H and O–H groups in total. The fourth-order valence-electron chi connectivity index (χ4n) is 5.33. The molecule has 1 aromatic carbocycles. The topological polar surface area (TPSA) is 128 Å². The van der Waals surface area contributed by atoms with Gasteiger partial charge in [-0.05, 0) is 54.8 Å². The highest BCUT2D eigenvalue weighted by Gasteiger charge is 2.38. The maximum absolute atomic E-state index is 13.1. The number of anilines is 1. The Balaban J connectivity index is 0.000000493. The van der Waals surface area contributed by atoms with Gasteiger partial charge in [-0.1, -0.05) is 12.1 Å². The number of rotatable bonds is 5. The van der Waals surface area contributed by atoms with Crippen LogP contribution < -0.4 is 10.2 Å². The highest BCUT2D eigenvalue weighted by molar-refractivity contribution is 5.98. The number of morpholine rings is 1. The standard InChI is InChI=1S/C29H31N5O3.C2HF3O2/c35-28-24-19-26(32-25(24)8-10-31-28)21-7-9-30-23(17-21)6-5-20-3-4-22(29(36)34-11-1-2-12-34)18-27(20)33-13-15-37-16-14-33;3-2(4,5)1(6)7/h3-7,9,17-19,32H,1-2,8,10-16H2,(H,31,35);(H,6,7). The maximum Gasteiger partial charge on any atom is 0.490 e. The van der Waals surface area contributed by atoms with Crippen molar-refractivity contribution in [2.75, 3.05) is 50.8 Å². The predicted octanol–water partition coefficient (Wildman–Crippen LogP) is 4.24. The van der Waals surface area contributed by atoms with Crippen molar-refractivity contribution in [2.45, 2.75) is 25.4 Å². The molecule has 0 atom stereocenters. The molecule has 2 aromatic heterocycles. The summed E-state index contributed by atoms with van der Waals surface area (Å²) in [5.74, 6) is -2.67. The number of carbonyl (C=O) groups excluding carboxylic acids is 2. The van der Waals surface area contributed by atoms with Crippen molar-refractivity contribution in [1.29, 1.82) is 0 Å². The van der Waals surface area contributed by atoms with Gasteiger partial charge in [-0.15, -0.1) is 0 Å². The zero-order chi connectivity index (χ0) is 31.3. The number of benzene rings is 1. The number of pyridine rings is 1. The highest BCUT2D eigenvalue weighted by atomic mass is 19.4. The number of halogens is 3. The van der Waals surface area contributed by atoms with Crippen molar-refractivity contribution in [3.05, 3.63) is 70.7 Å². The second-order valence-electron chi connectivity index (χ2n) is 10.6. The van der Waals surface area contributed by atoms with E-state index in [1.807, 2.05) is 47.4 Å². The molecule has 3 aliphatic rings. The Morgan fingerprint density at radius 2 is 1.73 bits per heavy atom. The van der Waals surface area contributed by atoms with E-state index in [0.29, 0.717) is 25.3 Å². The average Bonchev–Trinajstić information content (AvgIpc) is 3.72. The van der Waals surface area contributed by atoms with Crippen molar-refractivity contribution >= 4 is 35.6 Å². The minimum absolute atomic E-state index is 0.0276. The minimum Gasteiger partial charge on any atom is -0.475 e. The monoisotopic (exact) mass is 611 g/mol. The predicted molar refractivity (Wildman–Crippen MR) is 157 cm³/mol. The van der Waals surface area contributed by atoms with Crippen molar-refractivity contribution in [3.8, 4) is 11.3 Å². The van der Waals surface area contributed by atoms with Crippen molar-refractivity contribution < 1.29 is 37.4 Å². The van der Waals surface area contributed by atoms with Gasteiger partial charge in [0.1, 0.15) is 0 Å². The van der Waals surface area contributed by atoms with Crippen molar-refractivity contribution in [3.63, 3.8) is 0 Å². The Hall–Kier alpha value is -4.65. The molecule has 6 rings (SSSR count). The van der Waals surface area contributed by atoms with Crippen LogP contribution in [0.2, 0.25) is 0 Å². The first kappa shape index (κ1) is 30.8. The number of carboxylic acid groups (broad SMARTS) is 1. The summed E-state index contributed by atoms with van der Waals surface area (Å²) in [4.78, 5) is 46.3. The summed E-state index contributed by atoms with van der Waals surface area (Å²) in [5, 5.41) is 10.0. The SMILES string of the molecule is O=C(O)C(F)(F)F.O=C1NCCc2[nH]c(-c3ccnc(C=Cc4ccc(C(=O)N5CCCC5)cc4N4CCOCC4)c3)cc21. The van der Waals surface area contributed by atoms with Crippen LogP contribution in [-0.4, -0.2) is 89.9 Å². The number of carboxylic acids is 1. The lowest BCUT2D eigenvalue weighted by molar-refractivity contribution is -0.192. The number of fused-ring (bicyclic) bond motifs is 1. The van der Waals surface area contributed by atoms with E-state index in [9.17, 15) is 22.8 Å². The summed E-state index contributed by atoms with van der Waals surface area (Å²) in [5.41, 5.74) is 7.23. The molecule has 0 saturated carbocycles. The number of hydrogen-bond acceptors (Lipinski definition) is 6. The molecule has 3 aliphatic heterocycles. The summed E-state index contributed by atoms with van der Waals surface area (Å²) in [6.07, 6.45) is 3.73. The molecule has 0 bridgehead atoms. The Morgan fingerprint density at radius 3 is 2.41 bits per heavy atom. The molecule has 10 nitrogen and oxygen atoms in total. The van der Waals surface area contributed by atoms with Gasteiger partial charge in [-0.3, -0.25) is 14.6 Å². The van der Waals surface area contributed by atoms with Crippen LogP contribution in [-0.2, 0) is 16.0 Å². The number of ether oxygens (including phenoxy) is 1. The summed E-state index contributed by atoms with van der Waals surface area (Å²) >= 11 is 0. The third kappa shape index (κ3) is 7.28. The van der Waals surface area contributed by atoms with Gasteiger partial charge in [0, 0.05) is 73.5 Å². The zero-order valence-corrected chi connectivity index (χ0v) is 23.8. The number of aliphatic carboxylic acids is 1. The number of nitrogens with one attached hydrogen (secondary N) is 2. The number of H-pyrrole nitrogens is 1. The second kappa shape index (κ2) is 13.3. The van der Waals surface area contributed by atoms with E-state index >= 15 is 0 Å². The number of hydrogen-bond donors (Lipinski definition) is 3. The van der Waals surface area contributed by atoms with Crippen LogP contribution >= 0.6 is 0 Å². The lowest BCUT2D eigenvalue weighted by Crippen LogP contribution is -2.37. The number of carbonyl (C=O) groups is 3. The Kier molecular flexibility index (Phi) is 9.33. The summed E-state index contributed by atoms with van der Waals surface area (Å²) in [6, 6.07) is 11.9. The quantitative estimate of drug-likeness (QED) is 0.394. The van der Waals surface area contributed by atoms with E-state index in [2.05, 4.69) is 26.3 Å². The summed E-state index contributed by atoms with van der Waals surface area (Å²) < 4.78 is 37.3. The van der Waals surface area contributed by atoms with Gasteiger partial charge < -0.3 is 29.9 Å². The van der Waals surface area contributed by atoms with Crippen molar-refractivity contribution in [2.24, 2.45) is 0 Å². The number of amides is 2. The molecule has 13 heteroatoms. The molecule has 2 fully saturated rings. The van der Waals surface area contributed by atoms with E-state index in [1.165, 1.54) is 0 Å². The molecule has 0 aliphatic carbocycles. The van der Waals surface area contributed by atoms with Crippen LogP contribution in [0.25, 0.3) is 23.4 Å². The number of nitrogens with zero attached hydrogens (tertiary/aromatic N) is 3. The smallest absolute Gasteiger partial charge is 0.475 e. The largest absolute Gasteiger partial charge is 0.490 e. The summed E-state index contributed by atoms with van der Waals surface area (Å²) in [6.45, 7) is 5.27. The molecule has 3 aromatic rings. The Labute approximate surface area is 251 Å². The van der Waals surface area contributed by atoms with Crippen LogP contribution in [0.3, 0.4) is 0 Å². The van der Waals surface area contributed by atoms with Gasteiger partial charge in [-0.25, -0.2) is 4.79 Å². The van der Waals surface area contributed by atoms with E-state index in [4.69, 9.17) is 14.6 Å². The first-order valence-corrected chi connectivity index (χ1v) is 14.3. The molecule has 0 unspecified atom stereocenters. The molecular weight excluding hydrogens is 579 g/mol. The molecule has 232 valence electrons. The van der Waals surface area contributed by atoms with Gasteiger partial charge in [0.25, 0.3) is 11.8 Å². The number of likely N-dealkylation sites (tertiary alicyclic amines) is 1. The summed E-state index contributed by atoms with van der Waals surface area (Å²) in [7, 11) is 0. The van der Waals surface area contributed by atoms with Gasteiger partial charge in [0.2, 0.25) is 0 Å². The molecule has 0 spiro atoms. The van der Waals surface area contributed by atoms with E-state index in [-0.39, 0.29) is 11.8 Å². The second-order valence-corrected chi connectivity index (χ2v) is 10.6. The minimum atomic E-state index is -5.08. The van der Waals surface area contributed by atoms with Crippen molar-refractivity contribution in [1.82, 2.24) is 20.2 Å². The average molecular weight is 612 g/mol. The normalized spacial score (nSPS) is 16.8. The van der Waals surface area contributed by atoms with Gasteiger partial charge >= 0.3 is 12.1 Å². The van der Waals surface area contributed by atoms with E-state index < -0.39 is 12.1 Å². The van der Waals surface area contributed by atoms with Crippen LogP contribution in [0, 0.1) is 0 Å². The van der Waals surface area contributed by atoms with Gasteiger partial charge in [-0.2, -0.15) is 13.2 Å². The third-order valence-corrected chi connectivity index (χ3v) is 7.60. The fourth-order valence-corrected chi connectivity index (χ4v) is 5.33. The zero-order valence-electron chi connectivity index (χ0n) is 23.8. The first-order chi connectivity index (χ1) is 21.1.